The zero-order valence-corrected chi connectivity index (χ0v) is 12.2. The summed E-state index contributed by atoms with van der Waals surface area (Å²) in [4.78, 5) is 13.2. The highest BCUT2D eigenvalue weighted by Gasteiger charge is 2.09. The van der Waals surface area contributed by atoms with Crippen molar-refractivity contribution in [2.24, 2.45) is 7.05 Å². The van der Waals surface area contributed by atoms with E-state index in [2.05, 4.69) is 42.0 Å². The molecule has 1 aromatic heterocycles. The lowest BCUT2D eigenvalue weighted by Crippen LogP contribution is -2.34. The van der Waals surface area contributed by atoms with Crippen molar-refractivity contribution in [3.05, 3.63) is 34.3 Å². The minimum absolute atomic E-state index is 0.109. The third-order valence-electron chi connectivity index (χ3n) is 2.05. The van der Waals surface area contributed by atoms with Gasteiger partial charge in [-0.05, 0) is 35.6 Å². The number of hydrogen-bond acceptors (Lipinski definition) is 5. The lowest BCUT2D eigenvalue weighted by Gasteiger charge is -2.06. The van der Waals surface area contributed by atoms with Gasteiger partial charge in [-0.3, -0.25) is 15.4 Å². The van der Waals surface area contributed by atoms with Crippen LogP contribution in [0, 0.1) is 0 Å². The Kier molecular flexibility index (Phi) is 4.17. The maximum absolute atomic E-state index is 11.9. The molecule has 2 aromatic rings. The summed E-state index contributed by atoms with van der Waals surface area (Å²) >= 11 is 8.28. The Labute approximate surface area is 122 Å². The van der Waals surface area contributed by atoms with Gasteiger partial charge in [0.2, 0.25) is 0 Å². The fourth-order valence-corrected chi connectivity index (χ4v) is 1.86. The number of nitrogens with one attached hydrogen (secondary N) is 2. The zero-order valence-electron chi connectivity index (χ0n) is 9.79. The molecule has 0 fully saturated rings. The molecule has 98 valence electrons. The summed E-state index contributed by atoms with van der Waals surface area (Å²) in [7, 11) is 1.63. The molecule has 7 nitrogen and oxygen atoms in total. The van der Waals surface area contributed by atoms with Gasteiger partial charge in [0.05, 0.1) is 7.05 Å². The molecule has 0 radical (unpaired) electrons. The van der Waals surface area contributed by atoms with Gasteiger partial charge in [0.15, 0.2) is 5.11 Å². The van der Waals surface area contributed by atoms with E-state index in [1.165, 1.54) is 4.80 Å². The monoisotopic (exact) mass is 340 g/mol. The van der Waals surface area contributed by atoms with Crippen LogP contribution in [0.4, 0.5) is 5.95 Å². The van der Waals surface area contributed by atoms with Gasteiger partial charge in [0, 0.05) is 10.0 Å². The van der Waals surface area contributed by atoms with E-state index in [1.54, 1.807) is 25.2 Å². The highest BCUT2D eigenvalue weighted by Crippen LogP contribution is 2.11. The predicted octanol–water partition coefficient (Wildman–Crippen LogP) is 1.10. The molecular weight excluding hydrogens is 332 g/mol. The summed E-state index contributed by atoms with van der Waals surface area (Å²) in [5.74, 6) is -0.0928. The first kappa shape index (κ1) is 13.6. The van der Waals surface area contributed by atoms with E-state index in [1.807, 2.05) is 6.07 Å². The molecule has 1 heterocycles. The maximum Gasteiger partial charge on any atom is 0.269 e. The number of amides is 1. The van der Waals surface area contributed by atoms with Gasteiger partial charge < -0.3 is 0 Å². The molecule has 9 heteroatoms. The molecule has 0 aliphatic rings. The fourth-order valence-electron chi connectivity index (χ4n) is 1.27. The number of benzene rings is 1. The van der Waals surface area contributed by atoms with Gasteiger partial charge in [0.1, 0.15) is 0 Å². The van der Waals surface area contributed by atoms with Crippen LogP contribution < -0.4 is 10.6 Å². The molecule has 1 aromatic carbocycles. The van der Waals surface area contributed by atoms with Crippen LogP contribution in [0.3, 0.4) is 0 Å². The molecular formula is C10H9BrN6OS. The molecule has 0 saturated heterocycles. The number of carbonyl (C=O) groups is 1. The number of thiocarbonyl (C=S) groups is 1. The third-order valence-corrected chi connectivity index (χ3v) is 2.74. The van der Waals surface area contributed by atoms with Crippen LogP contribution in [0.5, 0.6) is 0 Å². The Hall–Kier alpha value is -1.87. The normalized spacial score (nSPS) is 10.0. The standard InChI is InChI=1S/C10H9BrN6OS/c1-17-15-9(14-16-17)13-10(19)12-8(18)6-3-2-4-7(11)5-6/h2-5H,1H3,(H2,12,13,15,18,19). The molecule has 0 aliphatic heterocycles. The predicted molar refractivity (Wildman–Crippen MR) is 76.6 cm³/mol. The minimum atomic E-state index is -0.317. The molecule has 0 atom stereocenters. The lowest BCUT2D eigenvalue weighted by molar-refractivity contribution is 0.0977. The summed E-state index contributed by atoms with van der Waals surface area (Å²) in [5.41, 5.74) is 0.491. The van der Waals surface area contributed by atoms with Gasteiger partial charge in [0.25, 0.3) is 11.9 Å². The Morgan fingerprint density at radius 3 is 2.89 bits per heavy atom. The number of aromatic nitrogens is 4. The first-order valence-electron chi connectivity index (χ1n) is 5.16. The summed E-state index contributed by atoms with van der Waals surface area (Å²) in [5, 5.41) is 16.5. The first-order chi connectivity index (χ1) is 9.04. The molecule has 0 aliphatic carbocycles. The second-order valence-electron chi connectivity index (χ2n) is 3.52. The Balaban J connectivity index is 1.97. The van der Waals surface area contributed by atoms with Crippen molar-refractivity contribution in [3.63, 3.8) is 0 Å². The first-order valence-corrected chi connectivity index (χ1v) is 6.36. The van der Waals surface area contributed by atoms with Crippen LogP contribution in [0.25, 0.3) is 0 Å². The molecule has 2 rings (SSSR count). The number of rotatable bonds is 2. The number of tetrazole rings is 1. The van der Waals surface area contributed by atoms with E-state index in [-0.39, 0.29) is 17.0 Å². The van der Waals surface area contributed by atoms with Crippen molar-refractivity contribution in [3.8, 4) is 0 Å². The van der Waals surface area contributed by atoms with Gasteiger partial charge in [-0.15, -0.1) is 5.10 Å². The van der Waals surface area contributed by atoms with Gasteiger partial charge in [-0.1, -0.05) is 27.1 Å². The van der Waals surface area contributed by atoms with Gasteiger partial charge >= 0.3 is 0 Å². The number of anilines is 1. The highest BCUT2D eigenvalue weighted by atomic mass is 79.9. The van der Waals surface area contributed by atoms with Crippen molar-refractivity contribution in [1.82, 2.24) is 25.5 Å². The number of halogens is 1. The topological polar surface area (TPSA) is 84.7 Å². The number of carbonyl (C=O) groups excluding carboxylic acids is 1. The maximum atomic E-state index is 11.9. The largest absolute Gasteiger partial charge is 0.299 e. The van der Waals surface area contributed by atoms with Crippen LogP contribution in [0.15, 0.2) is 28.7 Å². The van der Waals surface area contributed by atoms with Crippen molar-refractivity contribution in [2.75, 3.05) is 5.32 Å². The van der Waals surface area contributed by atoms with Crippen molar-refractivity contribution < 1.29 is 4.79 Å². The number of aryl methyl sites for hydroxylation is 1. The van der Waals surface area contributed by atoms with E-state index in [9.17, 15) is 4.79 Å². The third kappa shape index (κ3) is 3.80. The highest BCUT2D eigenvalue weighted by molar-refractivity contribution is 9.10. The molecule has 2 N–H and O–H groups in total. The van der Waals surface area contributed by atoms with Crippen LogP contribution in [0.2, 0.25) is 0 Å². The van der Waals surface area contributed by atoms with E-state index >= 15 is 0 Å². The quantitative estimate of drug-likeness (QED) is 0.796. The second-order valence-corrected chi connectivity index (χ2v) is 4.85. The molecule has 0 bridgehead atoms. The molecule has 0 saturated carbocycles. The van der Waals surface area contributed by atoms with E-state index in [4.69, 9.17) is 12.2 Å². The second kappa shape index (κ2) is 5.85. The van der Waals surface area contributed by atoms with Crippen LogP contribution >= 0.6 is 28.1 Å². The van der Waals surface area contributed by atoms with Crippen LogP contribution in [-0.4, -0.2) is 31.2 Å². The van der Waals surface area contributed by atoms with Crippen molar-refractivity contribution >= 4 is 45.1 Å². The van der Waals surface area contributed by atoms with Crippen molar-refractivity contribution in [2.45, 2.75) is 0 Å². The minimum Gasteiger partial charge on any atom is -0.299 e. The lowest BCUT2D eigenvalue weighted by atomic mass is 10.2. The summed E-state index contributed by atoms with van der Waals surface area (Å²) in [6.07, 6.45) is 0. The summed E-state index contributed by atoms with van der Waals surface area (Å²) < 4.78 is 0.814. The van der Waals surface area contributed by atoms with Crippen LogP contribution in [0.1, 0.15) is 10.4 Å². The zero-order chi connectivity index (χ0) is 13.8. The Morgan fingerprint density at radius 1 is 1.47 bits per heavy atom. The number of nitrogens with zero attached hydrogens (tertiary/aromatic N) is 4. The molecule has 19 heavy (non-hydrogen) atoms. The SMILES string of the molecule is Cn1nnc(NC(=S)NC(=O)c2cccc(Br)c2)n1. The van der Waals surface area contributed by atoms with E-state index in [0.29, 0.717) is 5.56 Å². The number of hydrogen-bond donors (Lipinski definition) is 2. The summed E-state index contributed by atoms with van der Waals surface area (Å²) in [6.45, 7) is 0. The molecule has 0 spiro atoms. The van der Waals surface area contributed by atoms with E-state index in [0.717, 1.165) is 4.47 Å². The Morgan fingerprint density at radius 2 is 2.26 bits per heavy atom. The summed E-state index contributed by atoms with van der Waals surface area (Å²) in [6, 6.07) is 6.97. The van der Waals surface area contributed by atoms with Gasteiger partial charge in [-0.25, -0.2) is 0 Å². The smallest absolute Gasteiger partial charge is 0.269 e. The van der Waals surface area contributed by atoms with Crippen molar-refractivity contribution in [1.29, 1.82) is 0 Å². The molecule has 1 amide bonds. The average Bonchev–Trinajstić information content (AvgIpc) is 2.74. The molecule has 0 unspecified atom stereocenters. The Bertz CT molecular complexity index is 628. The van der Waals surface area contributed by atoms with E-state index < -0.39 is 0 Å². The van der Waals surface area contributed by atoms with Crippen LogP contribution in [-0.2, 0) is 7.05 Å². The van der Waals surface area contributed by atoms with Gasteiger partial charge in [-0.2, -0.15) is 4.80 Å². The average molecular weight is 341 g/mol. The fraction of sp³-hybridized carbons (Fsp3) is 0.100.